The fraction of sp³-hybridized carbons (Fsp3) is 0.389. The van der Waals surface area contributed by atoms with Gasteiger partial charge in [-0.2, -0.15) is 0 Å². The van der Waals surface area contributed by atoms with Gasteiger partial charge in [-0.15, -0.1) is 0 Å². The Morgan fingerprint density at radius 2 is 2.00 bits per heavy atom. The lowest BCUT2D eigenvalue weighted by molar-refractivity contribution is -0.0644. The Kier molecular flexibility index (Phi) is 4.78. The Morgan fingerprint density at radius 1 is 1.31 bits per heavy atom. The lowest BCUT2D eigenvalue weighted by Gasteiger charge is -2.25. The molecule has 0 amide bonds. The number of benzene rings is 1. The molecule has 2 heterocycles. The van der Waals surface area contributed by atoms with Crippen molar-refractivity contribution in [2.24, 2.45) is 5.92 Å². The summed E-state index contributed by atoms with van der Waals surface area (Å²) in [6.45, 7) is 2.79. The first kappa shape index (κ1) is 18.1. The van der Waals surface area contributed by atoms with Gasteiger partial charge in [0.15, 0.2) is 11.9 Å². The van der Waals surface area contributed by atoms with Crippen LogP contribution in [-0.2, 0) is 9.47 Å². The summed E-state index contributed by atoms with van der Waals surface area (Å²) in [4.78, 5) is 37.3. The number of nitrogens with zero attached hydrogens (tertiary/aromatic N) is 1. The molecule has 0 saturated carbocycles. The van der Waals surface area contributed by atoms with E-state index in [4.69, 9.17) is 9.47 Å². The molecular formula is C18H19FN2O5. The maximum atomic E-state index is 15.2. The lowest BCUT2D eigenvalue weighted by atomic mass is 9.90. The van der Waals surface area contributed by atoms with E-state index < -0.39 is 41.1 Å². The highest BCUT2D eigenvalue weighted by atomic mass is 19.1. The predicted molar refractivity (Wildman–Crippen MR) is 90.6 cm³/mol. The van der Waals surface area contributed by atoms with Crippen LogP contribution in [0.2, 0.25) is 0 Å². The fourth-order valence-electron chi connectivity index (χ4n) is 2.95. The van der Waals surface area contributed by atoms with Crippen LogP contribution in [0.3, 0.4) is 0 Å². The van der Waals surface area contributed by atoms with Crippen LogP contribution >= 0.6 is 0 Å². The Bertz CT molecular complexity index is 906. The van der Waals surface area contributed by atoms with Gasteiger partial charge in [-0.25, -0.2) is 14.0 Å². The summed E-state index contributed by atoms with van der Waals surface area (Å²) in [6.07, 6.45) is -0.780. The number of hydrogen-bond donors (Lipinski definition) is 1. The van der Waals surface area contributed by atoms with Gasteiger partial charge >= 0.3 is 11.7 Å². The quantitative estimate of drug-likeness (QED) is 0.836. The van der Waals surface area contributed by atoms with Crippen LogP contribution in [0.15, 0.2) is 52.2 Å². The van der Waals surface area contributed by atoms with Crippen LogP contribution in [0.4, 0.5) is 4.39 Å². The minimum absolute atomic E-state index is 0.150. The first-order chi connectivity index (χ1) is 12.3. The van der Waals surface area contributed by atoms with E-state index in [-0.39, 0.29) is 6.61 Å². The van der Waals surface area contributed by atoms with Crippen molar-refractivity contribution in [3.8, 4) is 0 Å². The first-order valence-corrected chi connectivity index (χ1v) is 8.18. The van der Waals surface area contributed by atoms with Crippen LogP contribution in [0, 0.1) is 5.92 Å². The molecule has 1 aromatic carbocycles. The maximum absolute atomic E-state index is 15.2. The van der Waals surface area contributed by atoms with Crippen molar-refractivity contribution in [2.45, 2.75) is 31.8 Å². The highest BCUT2D eigenvalue weighted by molar-refractivity contribution is 5.89. The van der Waals surface area contributed by atoms with Crippen LogP contribution < -0.4 is 11.2 Å². The van der Waals surface area contributed by atoms with Gasteiger partial charge in [0.2, 0.25) is 0 Å². The van der Waals surface area contributed by atoms with Crippen molar-refractivity contribution < 1.29 is 18.7 Å². The minimum Gasteiger partial charge on any atom is -0.459 e. The van der Waals surface area contributed by atoms with E-state index in [9.17, 15) is 14.4 Å². The molecule has 1 N–H and O–H groups in total. The second kappa shape index (κ2) is 6.87. The van der Waals surface area contributed by atoms with Gasteiger partial charge in [0.25, 0.3) is 5.56 Å². The standard InChI is InChI=1S/C18H19FN2O5/c1-11-13(10-25-15(23)12-6-4-3-5-7-12)26-16(18(11,2)19)21-9-8-14(22)20-17(21)24/h3-9,11,13,16H,10H2,1-2H3,(H,20,22,24)/t11-,13-,16-,18-/m1/s1. The average molecular weight is 362 g/mol. The molecule has 4 atom stereocenters. The van der Waals surface area contributed by atoms with E-state index in [0.717, 1.165) is 10.6 Å². The number of H-pyrrole nitrogens is 1. The van der Waals surface area contributed by atoms with Gasteiger partial charge in [0.05, 0.1) is 5.56 Å². The Labute approximate surface area is 148 Å². The molecule has 1 aromatic heterocycles. The number of nitrogens with one attached hydrogen (secondary N) is 1. The summed E-state index contributed by atoms with van der Waals surface area (Å²) in [6, 6.07) is 9.55. The van der Waals surface area contributed by atoms with Crippen molar-refractivity contribution in [3.63, 3.8) is 0 Å². The number of aromatic amines is 1. The van der Waals surface area contributed by atoms with Gasteiger partial charge in [0.1, 0.15) is 12.7 Å². The second-order valence-corrected chi connectivity index (χ2v) is 6.45. The first-order valence-electron chi connectivity index (χ1n) is 8.18. The molecule has 1 fully saturated rings. The summed E-state index contributed by atoms with van der Waals surface area (Å²) in [7, 11) is 0. The molecule has 7 nitrogen and oxygen atoms in total. The van der Waals surface area contributed by atoms with Crippen molar-refractivity contribution in [1.29, 1.82) is 0 Å². The fourth-order valence-corrected chi connectivity index (χ4v) is 2.95. The largest absolute Gasteiger partial charge is 0.459 e. The number of rotatable bonds is 4. The third-order valence-electron chi connectivity index (χ3n) is 4.73. The molecule has 0 radical (unpaired) electrons. The number of esters is 1. The SMILES string of the molecule is C[C@@H]1[C@@H](COC(=O)c2ccccc2)O[C@@H](n2ccc(=O)[nH]c2=O)[C@]1(C)F. The third kappa shape index (κ3) is 3.32. The number of carbonyl (C=O) groups excluding carboxylic acids is 1. The molecule has 1 aliphatic rings. The number of ether oxygens (including phenoxy) is 2. The molecule has 2 aromatic rings. The highest BCUT2D eigenvalue weighted by Crippen LogP contribution is 2.44. The third-order valence-corrected chi connectivity index (χ3v) is 4.73. The molecule has 0 spiro atoms. The predicted octanol–water partition coefficient (Wildman–Crippen LogP) is 1.66. The van der Waals surface area contributed by atoms with Crippen LogP contribution in [-0.4, -0.2) is 33.9 Å². The zero-order valence-electron chi connectivity index (χ0n) is 14.3. The molecular weight excluding hydrogens is 343 g/mol. The van der Waals surface area contributed by atoms with Gasteiger partial charge in [0, 0.05) is 18.2 Å². The van der Waals surface area contributed by atoms with Crippen LogP contribution in [0.5, 0.6) is 0 Å². The van der Waals surface area contributed by atoms with Gasteiger partial charge in [-0.05, 0) is 19.1 Å². The van der Waals surface area contributed by atoms with Crippen molar-refractivity contribution in [2.75, 3.05) is 6.61 Å². The topological polar surface area (TPSA) is 90.4 Å². The molecule has 0 aliphatic carbocycles. The molecule has 8 heteroatoms. The van der Waals surface area contributed by atoms with E-state index in [1.54, 1.807) is 37.3 Å². The van der Waals surface area contributed by atoms with Gasteiger partial charge in [-0.1, -0.05) is 25.1 Å². The van der Waals surface area contributed by atoms with Crippen molar-refractivity contribution in [3.05, 3.63) is 69.0 Å². The Morgan fingerprint density at radius 3 is 2.65 bits per heavy atom. The van der Waals surface area contributed by atoms with Crippen LogP contribution in [0.25, 0.3) is 0 Å². The summed E-state index contributed by atoms with van der Waals surface area (Å²) in [5, 5.41) is 0. The van der Waals surface area contributed by atoms with Gasteiger partial charge in [-0.3, -0.25) is 14.3 Å². The maximum Gasteiger partial charge on any atom is 0.338 e. The number of alkyl halides is 1. The molecule has 138 valence electrons. The molecule has 0 bridgehead atoms. The lowest BCUT2D eigenvalue weighted by Crippen LogP contribution is -2.40. The smallest absolute Gasteiger partial charge is 0.338 e. The highest BCUT2D eigenvalue weighted by Gasteiger charge is 2.53. The summed E-state index contributed by atoms with van der Waals surface area (Å²) >= 11 is 0. The molecule has 3 rings (SSSR count). The normalized spacial score (nSPS) is 28.0. The molecule has 0 unspecified atom stereocenters. The number of hydrogen-bond acceptors (Lipinski definition) is 5. The van der Waals surface area contributed by atoms with E-state index in [0.29, 0.717) is 5.56 Å². The van der Waals surface area contributed by atoms with E-state index >= 15 is 4.39 Å². The van der Waals surface area contributed by atoms with E-state index in [1.165, 1.54) is 13.1 Å². The van der Waals surface area contributed by atoms with E-state index in [2.05, 4.69) is 4.98 Å². The Hall–Kier alpha value is -2.74. The summed E-state index contributed by atoms with van der Waals surface area (Å²) in [5.74, 6) is -1.18. The molecule has 1 aliphatic heterocycles. The van der Waals surface area contributed by atoms with Crippen molar-refractivity contribution >= 4 is 5.97 Å². The zero-order valence-corrected chi connectivity index (χ0v) is 14.3. The number of halogens is 1. The molecule has 1 saturated heterocycles. The van der Waals surface area contributed by atoms with Crippen molar-refractivity contribution in [1.82, 2.24) is 9.55 Å². The average Bonchev–Trinajstić information content (AvgIpc) is 2.84. The minimum atomic E-state index is -1.90. The summed E-state index contributed by atoms with van der Waals surface area (Å²) < 4.78 is 27.1. The monoisotopic (exact) mass is 362 g/mol. The van der Waals surface area contributed by atoms with Gasteiger partial charge < -0.3 is 9.47 Å². The van der Waals surface area contributed by atoms with E-state index in [1.807, 2.05) is 0 Å². The van der Waals surface area contributed by atoms with Crippen LogP contribution in [0.1, 0.15) is 30.4 Å². The molecule has 26 heavy (non-hydrogen) atoms. The zero-order chi connectivity index (χ0) is 18.9. The summed E-state index contributed by atoms with van der Waals surface area (Å²) in [5.41, 5.74) is -2.85. The number of aromatic nitrogens is 2. The Balaban J connectivity index is 1.75. The second-order valence-electron chi connectivity index (χ2n) is 6.45. The number of carbonyl (C=O) groups is 1.